The summed E-state index contributed by atoms with van der Waals surface area (Å²) in [5.41, 5.74) is 0.543. The molecule has 0 saturated carbocycles. The zero-order chi connectivity index (χ0) is 22.4. The largest absolute Gasteiger partial charge is 0.573 e. The number of amides is 2. The second-order valence-electron chi connectivity index (χ2n) is 5.74. The van der Waals surface area contributed by atoms with Crippen LogP contribution in [0.1, 0.15) is 10.4 Å². The number of thioether (sulfide) groups is 1. The number of carbonyl (C=O) groups is 2. The molecule has 0 fully saturated rings. The van der Waals surface area contributed by atoms with Crippen LogP contribution in [0.5, 0.6) is 5.75 Å². The minimum atomic E-state index is -4.79. The molecule has 3 aromatic rings. The van der Waals surface area contributed by atoms with Crippen molar-refractivity contribution in [2.45, 2.75) is 10.7 Å². The zero-order valence-corrected chi connectivity index (χ0v) is 16.9. The predicted octanol–water partition coefficient (Wildman–Crippen LogP) is 4.56. The summed E-state index contributed by atoms with van der Waals surface area (Å²) in [5, 5.41) is 12.9. The van der Waals surface area contributed by atoms with E-state index in [1.807, 2.05) is 0 Å². The molecule has 2 N–H and O–H groups in total. The number of aromatic nitrogens is 2. The van der Waals surface area contributed by atoms with Gasteiger partial charge < -0.3 is 10.1 Å². The van der Waals surface area contributed by atoms with E-state index in [2.05, 4.69) is 25.6 Å². The minimum absolute atomic E-state index is 0.0403. The highest BCUT2D eigenvalue weighted by Gasteiger charge is 2.30. The van der Waals surface area contributed by atoms with Crippen molar-refractivity contribution in [3.63, 3.8) is 0 Å². The van der Waals surface area contributed by atoms with Crippen molar-refractivity contribution < 1.29 is 31.9 Å². The predicted molar refractivity (Wildman–Crippen MR) is 107 cm³/mol. The number of hydrogen-bond acceptors (Lipinski definition) is 7. The highest BCUT2D eigenvalue weighted by atomic mass is 32.2. The monoisotopic (exact) mass is 472 g/mol. The topological polar surface area (TPSA) is 93.2 Å². The third-order valence-electron chi connectivity index (χ3n) is 3.43. The Morgan fingerprint density at radius 1 is 1.00 bits per heavy atom. The Balaban J connectivity index is 1.47. The van der Waals surface area contributed by atoms with Crippen molar-refractivity contribution in [1.29, 1.82) is 0 Å². The number of nitrogens with zero attached hydrogens (tertiary/aromatic N) is 2. The molecular formula is C18H12F4N4O3S2. The molecule has 2 amide bonds. The molecular weight excluding hydrogens is 460 g/mol. The van der Waals surface area contributed by atoms with Gasteiger partial charge >= 0.3 is 6.36 Å². The maximum absolute atomic E-state index is 12.9. The van der Waals surface area contributed by atoms with Gasteiger partial charge in [-0.05, 0) is 48.5 Å². The second kappa shape index (κ2) is 9.75. The quantitative estimate of drug-likeness (QED) is 0.298. The van der Waals surface area contributed by atoms with E-state index in [0.29, 0.717) is 10.0 Å². The van der Waals surface area contributed by atoms with E-state index in [0.717, 1.165) is 47.4 Å². The van der Waals surface area contributed by atoms with Crippen LogP contribution in [0.4, 0.5) is 28.4 Å². The van der Waals surface area contributed by atoms with E-state index in [4.69, 9.17) is 0 Å². The van der Waals surface area contributed by atoms with Crippen LogP contribution in [0.15, 0.2) is 52.9 Å². The standard InChI is InChI=1S/C18H12F4N4O3S2/c19-11-3-1-10(2-4-11)15(28)24-16-25-26-17(31-16)30-9-14(27)23-12-5-7-13(8-6-12)29-18(20,21)22/h1-8H,9H2,(H,23,27)(H,24,25,28). The first-order chi connectivity index (χ1) is 14.7. The Morgan fingerprint density at radius 2 is 1.68 bits per heavy atom. The number of halogens is 4. The van der Waals surface area contributed by atoms with Crippen LogP contribution in [0.3, 0.4) is 0 Å². The van der Waals surface area contributed by atoms with Gasteiger partial charge in [0.2, 0.25) is 11.0 Å². The van der Waals surface area contributed by atoms with Crippen LogP contribution in [0, 0.1) is 5.82 Å². The molecule has 1 aromatic heterocycles. The fourth-order valence-corrected chi connectivity index (χ4v) is 3.70. The van der Waals surface area contributed by atoms with E-state index in [1.165, 1.54) is 24.3 Å². The summed E-state index contributed by atoms with van der Waals surface area (Å²) < 4.78 is 53.5. The number of ether oxygens (including phenoxy) is 1. The molecule has 162 valence electrons. The van der Waals surface area contributed by atoms with E-state index < -0.39 is 29.7 Å². The first kappa shape index (κ1) is 22.5. The smallest absolute Gasteiger partial charge is 0.406 e. The van der Waals surface area contributed by atoms with Crippen molar-refractivity contribution in [3.05, 3.63) is 59.9 Å². The van der Waals surface area contributed by atoms with Crippen molar-refractivity contribution in [2.24, 2.45) is 0 Å². The van der Waals surface area contributed by atoms with Crippen LogP contribution in [-0.4, -0.2) is 34.1 Å². The van der Waals surface area contributed by atoms with Gasteiger partial charge in [-0.25, -0.2) is 4.39 Å². The van der Waals surface area contributed by atoms with E-state index in [-0.39, 0.29) is 16.4 Å². The zero-order valence-electron chi connectivity index (χ0n) is 15.3. The van der Waals surface area contributed by atoms with Gasteiger partial charge in [-0.1, -0.05) is 23.1 Å². The maximum Gasteiger partial charge on any atom is 0.573 e. The molecule has 0 saturated heterocycles. The number of anilines is 2. The molecule has 0 aliphatic carbocycles. The molecule has 31 heavy (non-hydrogen) atoms. The maximum atomic E-state index is 12.9. The Labute approximate surface area is 180 Å². The Bertz CT molecular complexity index is 1060. The molecule has 2 aromatic carbocycles. The van der Waals surface area contributed by atoms with Gasteiger partial charge in [0.25, 0.3) is 5.91 Å². The first-order valence-electron chi connectivity index (χ1n) is 8.37. The second-order valence-corrected chi connectivity index (χ2v) is 7.94. The molecule has 1 heterocycles. The van der Waals surface area contributed by atoms with E-state index in [1.54, 1.807) is 0 Å². The van der Waals surface area contributed by atoms with Gasteiger partial charge in [-0.15, -0.1) is 23.4 Å². The van der Waals surface area contributed by atoms with Gasteiger partial charge in [0, 0.05) is 11.3 Å². The van der Waals surface area contributed by atoms with Crippen molar-refractivity contribution >= 4 is 45.7 Å². The molecule has 7 nitrogen and oxygen atoms in total. The van der Waals surface area contributed by atoms with Gasteiger partial charge in [-0.2, -0.15) is 0 Å². The summed E-state index contributed by atoms with van der Waals surface area (Å²) >= 11 is 2.11. The number of benzene rings is 2. The molecule has 0 atom stereocenters. The molecule has 0 unspecified atom stereocenters. The highest BCUT2D eigenvalue weighted by molar-refractivity contribution is 8.01. The summed E-state index contributed by atoms with van der Waals surface area (Å²) in [7, 11) is 0. The van der Waals surface area contributed by atoms with Crippen molar-refractivity contribution in [1.82, 2.24) is 10.2 Å². The van der Waals surface area contributed by atoms with Crippen LogP contribution < -0.4 is 15.4 Å². The molecule has 0 bridgehead atoms. The van der Waals surface area contributed by atoms with E-state index >= 15 is 0 Å². The SMILES string of the molecule is O=C(CSc1nnc(NC(=O)c2ccc(F)cc2)s1)Nc1ccc(OC(F)(F)F)cc1. The third-order valence-corrected chi connectivity index (χ3v) is 5.40. The summed E-state index contributed by atoms with van der Waals surface area (Å²) in [5.74, 6) is -1.80. The molecule has 0 aliphatic rings. The number of carbonyl (C=O) groups excluding carboxylic acids is 2. The molecule has 3 rings (SSSR count). The van der Waals surface area contributed by atoms with Gasteiger partial charge in [0.15, 0.2) is 4.34 Å². The summed E-state index contributed by atoms with van der Waals surface area (Å²) in [6.07, 6.45) is -4.79. The lowest BCUT2D eigenvalue weighted by Crippen LogP contribution is -2.17. The highest BCUT2D eigenvalue weighted by Crippen LogP contribution is 2.27. The van der Waals surface area contributed by atoms with Crippen LogP contribution in [-0.2, 0) is 4.79 Å². The summed E-state index contributed by atoms with van der Waals surface area (Å²) in [6, 6.07) is 9.68. The fourth-order valence-electron chi connectivity index (χ4n) is 2.15. The molecule has 0 radical (unpaired) electrons. The van der Waals surface area contributed by atoms with Crippen LogP contribution in [0.2, 0.25) is 0 Å². The van der Waals surface area contributed by atoms with Crippen LogP contribution in [0.25, 0.3) is 0 Å². The summed E-state index contributed by atoms with van der Waals surface area (Å²) in [4.78, 5) is 24.1. The Kier molecular flexibility index (Phi) is 7.07. The lowest BCUT2D eigenvalue weighted by atomic mass is 10.2. The summed E-state index contributed by atoms with van der Waals surface area (Å²) in [6.45, 7) is 0. The van der Waals surface area contributed by atoms with Gasteiger partial charge in [0.1, 0.15) is 11.6 Å². The van der Waals surface area contributed by atoms with Gasteiger partial charge in [-0.3, -0.25) is 14.9 Å². The molecule has 13 heteroatoms. The Morgan fingerprint density at radius 3 is 2.32 bits per heavy atom. The van der Waals surface area contributed by atoms with Crippen LogP contribution >= 0.6 is 23.1 Å². The van der Waals surface area contributed by atoms with Gasteiger partial charge in [0.05, 0.1) is 5.75 Å². The van der Waals surface area contributed by atoms with Crippen molar-refractivity contribution in [3.8, 4) is 5.75 Å². The number of alkyl halides is 3. The number of hydrogen-bond donors (Lipinski definition) is 2. The average Bonchev–Trinajstić information content (AvgIpc) is 3.14. The first-order valence-corrected chi connectivity index (χ1v) is 10.2. The normalized spacial score (nSPS) is 11.1. The average molecular weight is 472 g/mol. The van der Waals surface area contributed by atoms with E-state index in [9.17, 15) is 27.2 Å². The minimum Gasteiger partial charge on any atom is -0.406 e. The number of rotatable bonds is 7. The Hall–Kier alpha value is -3.19. The lowest BCUT2D eigenvalue weighted by molar-refractivity contribution is -0.274. The molecule has 0 spiro atoms. The number of nitrogens with one attached hydrogen (secondary N) is 2. The lowest BCUT2D eigenvalue weighted by Gasteiger charge is -2.09. The van der Waals surface area contributed by atoms with Crippen molar-refractivity contribution in [2.75, 3.05) is 16.4 Å². The molecule has 0 aliphatic heterocycles. The third kappa shape index (κ3) is 7.22. The fraction of sp³-hybridized carbons (Fsp3) is 0.111.